The molecule has 0 bridgehead atoms. The lowest BCUT2D eigenvalue weighted by Gasteiger charge is -2.23. The van der Waals surface area contributed by atoms with Crippen LogP contribution in [0.5, 0.6) is 0 Å². The molecule has 1 aromatic rings. The zero-order chi connectivity index (χ0) is 15.3. The van der Waals surface area contributed by atoms with E-state index in [0.29, 0.717) is 6.42 Å². The van der Waals surface area contributed by atoms with E-state index in [0.717, 1.165) is 12.1 Å². The summed E-state index contributed by atoms with van der Waals surface area (Å²) in [5.41, 5.74) is 4.69. The van der Waals surface area contributed by atoms with Crippen LogP contribution in [-0.4, -0.2) is 26.5 Å². The first-order chi connectivity index (χ1) is 9.30. The minimum absolute atomic E-state index is 0.114. The Balaban J connectivity index is 3.15. The van der Waals surface area contributed by atoms with Crippen LogP contribution in [0, 0.1) is 20.8 Å². The molecule has 0 aliphatic carbocycles. The molecule has 1 atom stereocenters. The Labute approximate surface area is 123 Å². The van der Waals surface area contributed by atoms with E-state index in [1.54, 1.807) is 0 Å². The summed E-state index contributed by atoms with van der Waals surface area (Å²) in [5, 5.41) is 3.34. The SMILES string of the molecule is CCCS(=O)(=O)CC(NCC)c1c(C)cc(C)cc1C. The second-order valence-corrected chi connectivity index (χ2v) is 7.77. The van der Waals surface area contributed by atoms with Crippen molar-refractivity contribution in [3.05, 3.63) is 34.4 Å². The number of hydrogen-bond donors (Lipinski definition) is 1. The van der Waals surface area contributed by atoms with Crippen molar-refractivity contribution < 1.29 is 8.42 Å². The largest absolute Gasteiger partial charge is 0.309 e. The number of benzene rings is 1. The molecule has 0 heterocycles. The van der Waals surface area contributed by atoms with Crippen LogP contribution >= 0.6 is 0 Å². The molecule has 4 heteroatoms. The Morgan fingerprint density at radius 3 is 2.10 bits per heavy atom. The molecule has 0 saturated carbocycles. The molecule has 0 fully saturated rings. The molecule has 1 rings (SSSR count). The van der Waals surface area contributed by atoms with Crippen molar-refractivity contribution >= 4 is 9.84 Å². The van der Waals surface area contributed by atoms with Crippen molar-refractivity contribution in [2.75, 3.05) is 18.1 Å². The molecule has 20 heavy (non-hydrogen) atoms. The van der Waals surface area contributed by atoms with Crippen LogP contribution in [0.3, 0.4) is 0 Å². The third-order valence-electron chi connectivity index (χ3n) is 3.47. The van der Waals surface area contributed by atoms with Crippen molar-refractivity contribution in [1.82, 2.24) is 5.32 Å². The molecular weight excluding hydrogens is 270 g/mol. The lowest BCUT2D eigenvalue weighted by atomic mass is 9.95. The number of aryl methyl sites for hydroxylation is 3. The van der Waals surface area contributed by atoms with Crippen molar-refractivity contribution in [2.45, 2.75) is 47.1 Å². The second-order valence-electron chi connectivity index (χ2n) is 5.54. The molecule has 1 aromatic carbocycles. The monoisotopic (exact) mass is 297 g/mol. The van der Waals surface area contributed by atoms with Gasteiger partial charge in [0.1, 0.15) is 0 Å². The molecule has 0 aliphatic rings. The molecule has 0 radical (unpaired) electrons. The summed E-state index contributed by atoms with van der Waals surface area (Å²) in [6, 6.07) is 4.13. The van der Waals surface area contributed by atoms with Crippen molar-refractivity contribution in [2.24, 2.45) is 0 Å². The summed E-state index contributed by atoms with van der Waals surface area (Å²) in [5.74, 6) is 0.443. The van der Waals surface area contributed by atoms with Gasteiger partial charge in [0, 0.05) is 11.8 Å². The molecule has 0 spiro atoms. The fraction of sp³-hybridized carbons (Fsp3) is 0.625. The topological polar surface area (TPSA) is 46.2 Å². The number of sulfone groups is 1. The van der Waals surface area contributed by atoms with E-state index in [2.05, 4.69) is 38.2 Å². The van der Waals surface area contributed by atoms with Gasteiger partial charge in [-0.1, -0.05) is 31.5 Å². The molecular formula is C16H27NO2S. The Bertz CT molecular complexity index is 527. The normalized spacial score (nSPS) is 13.4. The molecule has 3 nitrogen and oxygen atoms in total. The van der Waals surface area contributed by atoms with Crippen molar-refractivity contribution in [1.29, 1.82) is 0 Å². The predicted octanol–water partition coefficient (Wildman–Crippen LogP) is 3.09. The fourth-order valence-electron chi connectivity index (χ4n) is 2.88. The molecule has 0 aliphatic heterocycles. The summed E-state index contributed by atoms with van der Waals surface area (Å²) in [6.07, 6.45) is 0.674. The maximum Gasteiger partial charge on any atom is 0.152 e. The third kappa shape index (κ3) is 4.60. The van der Waals surface area contributed by atoms with Crippen LogP contribution in [-0.2, 0) is 9.84 Å². The van der Waals surface area contributed by atoms with Gasteiger partial charge in [0.2, 0.25) is 0 Å². The summed E-state index contributed by atoms with van der Waals surface area (Å²) in [7, 11) is -3.01. The van der Waals surface area contributed by atoms with Crippen molar-refractivity contribution in [3.8, 4) is 0 Å². The van der Waals surface area contributed by atoms with Gasteiger partial charge in [-0.2, -0.15) is 0 Å². The smallest absolute Gasteiger partial charge is 0.152 e. The first-order valence-corrected chi connectivity index (χ1v) is 9.14. The first kappa shape index (κ1) is 17.2. The van der Waals surface area contributed by atoms with Gasteiger partial charge in [-0.3, -0.25) is 0 Å². The highest BCUT2D eigenvalue weighted by Gasteiger charge is 2.22. The summed E-state index contributed by atoms with van der Waals surface area (Å²) in [6.45, 7) is 10.9. The average Bonchev–Trinajstić information content (AvgIpc) is 2.26. The predicted molar refractivity (Wildman–Crippen MR) is 86.0 cm³/mol. The van der Waals surface area contributed by atoms with Crippen LogP contribution < -0.4 is 5.32 Å². The maximum atomic E-state index is 12.1. The van der Waals surface area contributed by atoms with Gasteiger partial charge in [-0.05, 0) is 50.4 Å². The molecule has 1 N–H and O–H groups in total. The van der Waals surface area contributed by atoms with E-state index in [1.807, 2.05) is 13.8 Å². The third-order valence-corrected chi connectivity index (χ3v) is 5.34. The van der Waals surface area contributed by atoms with Crippen LogP contribution in [0.25, 0.3) is 0 Å². The summed E-state index contributed by atoms with van der Waals surface area (Å²) < 4.78 is 24.3. The van der Waals surface area contributed by atoms with Gasteiger partial charge >= 0.3 is 0 Å². The van der Waals surface area contributed by atoms with Gasteiger partial charge in [0.25, 0.3) is 0 Å². The van der Waals surface area contributed by atoms with Crippen molar-refractivity contribution in [3.63, 3.8) is 0 Å². The van der Waals surface area contributed by atoms with E-state index in [9.17, 15) is 8.42 Å². The number of rotatable bonds is 7. The number of hydrogen-bond acceptors (Lipinski definition) is 3. The Morgan fingerprint density at radius 2 is 1.65 bits per heavy atom. The Kier molecular flexibility index (Phi) is 6.21. The van der Waals surface area contributed by atoms with Gasteiger partial charge in [-0.15, -0.1) is 0 Å². The van der Waals surface area contributed by atoms with Gasteiger partial charge in [-0.25, -0.2) is 8.42 Å². The van der Waals surface area contributed by atoms with Gasteiger partial charge < -0.3 is 5.32 Å². The zero-order valence-corrected chi connectivity index (χ0v) is 14.1. The highest BCUT2D eigenvalue weighted by atomic mass is 32.2. The van der Waals surface area contributed by atoms with E-state index in [1.165, 1.54) is 16.7 Å². The maximum absolute atomic E-state index is 12.1. The van der Waals surface area contributed by atoms with E-state index in [-0.39, 0.29) is 17.5 Å². The highest BCUT2D eigenvalue weighted by molar-refractivity contribution is 7.91. The second kappa shape index (κ2) is 7.23. The lowest BCUT2D eigenvalue weighted by Crippen LogP contribution is -2.30. The van der Waals surface area contributed by atoms with Crippen LogP contribution in [0.2, 0.25) is 0 Å². The first-order valence-electron chi connectivity index (χ1n) is 7.32. The van der Waals surface area contributed by atoms with Crippen LogP contribution in [0.4, 0.5) is 0 Å². The quantitative estimate of drug-likeness (QED) is 0.841. The van der Waals surface area contributed by atoms with E-state index < -0.39 is 9.84 Å². The number of nitrogens with one attached hydrogen (secondary N) is 1. The zero-order valence-electron chi connectivity index (χ0n) is 13.3. The van der Waals surface area contributed by atoms with E-state index >= 15 is 0 Å². The molecule has 114 valence electrons. The van der Waals surface area contributed by atoms with Crippen LogP contribution in [0.1, 0.15) is 48.6 Å². The Hall–Kier alpha value is -0.870. The minimum atomic E-state index is -3.01. The standard InChI is InChI=1S/C16H27NO2S/c1-6-8-20(18,19)11-15(17-7-2)16-13(4)9-12(3)10-14(16)5/h9-10,15,17H,6-8,11H2,1-5H3. The van der Waals surface area contributed by atoms with Gasteiger partial charge in [0.05, 0.1) is 5.75 Å². The van der Waals surface area contributed by atoms with E-state index in [4.69, 9.17) is 0 Å². The fourth-order valence-corrected chi connectivity index (χ4v) is 4.46. The molecule has 0 amide bonds. The Morgan fingerprint density at radius 1 is 1.10 bits per heavy atom. The average molecular weight is 297 g/mol. The lowest BCUT2D eigenvalue weighted by molar-refractivity contribution is 0.556. The molecule has 0 saturated heterocycles. The summed E-state index contributed by atoms with van der Waals surface area (Å²) >= 11 is 0. The molecule has 0 aromatic heterocycles. The minimum Gasteiger partial charge on any atom is -0.309 e. The van der Waals surface area contributed by atoms with Crippen LogP contribution in [0.15, 0.2) is 12.1 Å². The highest BCUT2D eigenvalue weighted by Crippen LogP contribution is 2.25. The summed E-state index contributed by atoms with van der Waals surface area (Å²) in [4.78, 5) is 0. The van der Waals surface area contributed by atoms with Gasteiger partial charge in [0.15, 0.2) is 9.84 Å². The molecule has 1 unspecified atom stereocenters.